The zero-order valence-corrected chi connectivity index (χ0v) is 15.8. The van der Waals surface area contributed by atoms with Gasteiger partial charge in [-0.15, -0.1) is 0 Å². The number of rotatable bonds is 5. The van der Waals surface area contributed by atoms with Gasteiger partial charge in [-0.1, -0.05) is 6.07 Å². The molecule has 148 valence electrons. The van der Waals surface area contributed by atoms with E-state index < -0.39 is 22.1 Å². The average molecular weight is 408 g/mol. The molecule has 2 aromatic heterocycles. The molecule has 1 saturated heterocycles. The van der Waals surface area contributed by atoms with Crippen LogP contribution in [0.25, 0.3) is 11.2 Å². The lowest BCUT2D eigenvalue weighted by Gasteiger charge is -2.16. The van der Waals surface area contributed by atoms with Crippen molar-refractivity contribution in [2.24, 2.45) is 0 Å². The summed E-state index contributed by atoms with van der Waals surface area (Å²) < 4.78 is 56.2. The van der Waals surface area contributed by atoms with Crippen molar-refractivity contribution >= 4 is 32.4 Å². The number of alkyl halides is 2. The molecule has 1 fully saturated rings. The van der Waals surface area contributed by atoms with Crippen LogP contribution in [-0.4, -0.2) is 36.2 Å². The molecule has 0 aliphatic carbocycles. The normalized spacial score (nSPS) is 17.5. The molecule has 0 spiro atoms. The maximum Gasteiger partial charge on any atom is 0.295 e. The molecule has 2 N–H and O–H groups in total. The Labute approximate surface area is 160 Å². The smallest absolute Gasteiger partial charge is 0.295 e. The van der Waals surface area contributed by atoms with Crippen molar-refractivity contribution in [3.8, 4) is 0 Å². The van der Waals surface area contributed by atoms with Gasteiger partial charge in [-0.2, -0.15) is 0 Å². The largest absolute Gasteiger partial charge is 0.374 e. The van der Waals surface area contributed by atoms with Crippen LogP contribution in [-0.2, 0) is 14.6 Å². The maximum absolute atomic E-state index is 12.9. The van der Waals surface area contributed by atoms with Crippen LogP contribution in [0, 0.1) is 0 Å². The van der Waals surface area contributed by atoms with Gasteiger partial charge in [0.1, 0.15) is 5.52 Å². The van der Waals surface area contributed by atoms with Crippen molar-refractivity contribution in [2.75, 3.05) is 18.2 Å². The minimum atomic E-state index is -3.55. The highest BCUT2D eigenvalue weighted by molar-refractivity contribution is 7.90. The molecule has 28 heavy (non-hydrogen) atoms. The third-order valence-electron chi connectivity index (χ3n) is 4.59. The van der Waals surface area contributed by atoms with E-state index in [0.29, 0.717) is 18.0 Å². The fraction of sp³-hybridized carbons (Fsp3) is 0.333. The maximum atomic E-state index is 12.9. The van der Waals surface area contributed by atoms with E-state index >= 15 is 0 Å². The van der Waals surface area contributed by atoms with Crippen molar-refractivity contribution in [1.82, 2.24) is 15.0 Å². The van der Waals surface area contributed by atoms with E-state index in [0.717, 1.165) is 24.7 Å². The Morgan fingerprint density at radius 2 is 2.11 bits per heavy atom. The summed E-state index contributed by atoms with van der Waals surface area (Å²) >= 11 is 0. The zero-order valence-electron chi connectivity index (χ0n) is 14.9. The first-order valence-electron chi connectivity index (χ1n) is 8.68. The van der Waals surface area contributed by atoms with Gasteiger partial charge in [-0.05, 0) is 36.6 Å². The van der Waals surface area contributed by atoms with Crippen LogP contribution < -0.4 is 5.32 Å². The number of ether oxygens (including phenoxy) is 1. The van der Waals surface area contributed by atoms with E-state index in [9.17, 15) is 17.2 Å². The van der Waals surface area contributed by atoms with Gasteiger partial charge in [-0.3, -0.25) is 0 Å². The van der Waals surface area contributed by atoms with E-state index in [1.807, 2.05) is 6.07 Å². The van der Waals surface area contributed by atoms with Gasteiger partial charge in [0.25, 0.3) is 6.43 Å². The quantitative estimate of drug-likeness (QED) is 0.665. The molecule has 7 nitrogen and oxygen atoms in total. The number of halogens is 2. The molecular formula is C18H18F2N4O3S. The van der Waals surface area contributed by atoms with Crippen molar-refractivity contribution < 1.29 is 21.9 Å². The van der Waals surface area contributed by atoms with E-state index in [1.54, 1.807) is 18.2 Å². The number of pyridine rings is 1. The lowest BCUT2D eigenvalue weighted by Crippen LogP contribution is -2.06. The molecule has 3 aromatic rings. The second kappa shape index (κ2) is 7.10. The molecule has 1 aliphatic rings. The van der Waals surface area contributed by atoms with E-state index in [2.05, 4.69) is 20.3 Å². The third-order valence-corrected chi connectivity index (χ3v) is 5.73. The molecule has 0 radical (unpaired) electrons. The molecule has 3 heterocycles. The van der Waals surface area contributed by atoms with Gasteiger partial charge in [0.05, 0.1) is 22.4 Å². The summed E-state index contributed by atoms with van der Waals surface area (Å²) in [6.07, 6.45) is 1.43. The van der Waals surface area contributed by atoms with Gasteiger partial charge in [-0.25, -0.2) is 27.2 Å². The molecular weight excluding hydrogens is 390 g/mol. The fourth-order valence-electron chi connectivity index (χ4n) is 3.27. The number of benzene rings is 1. The Hall–Kier alpha value is -2.59. The third kappa shape index (κ3) is 3.57. The first-order chi connectivity index (χ1) is 13.3. The SMILES string of the molecule is CS(=O)(=O)c1cc(C2CCCO2)ccc1Nc1ccnc2nc(C(F)F)[nH]c12. The van der Waals surface area contributed by atoms with Gasteiger partial charge in [0, 0.05) is 19.1 Å². The van der Waals surface area contributed by atoms with Gasteiger partial charge in [0.2, 0.25) is 0 Å². The van der Waals surface area contributed by atoms with Gasteiger partial charge >= 0.3 is 0 Å². The Kier molecular flexibility index (Phi) is 4.76. The molecule has 4 rings (SSSR count). The average Bonchev–Trinajstić information content (AvgIpc) is 3.31. The summed E-state index contributed by atoms with van der Waals surface area (Å²) in [7, 11) is -3.55. The number of nitrogens with one attached hydrogen (secondary N) is 2. The lowest BCUT2D eigenvalue weighted by atomic mass is 10.1. The monoisotopic (exact) mass is 408 g/mol. The van der Waals surface area contributed by atoms with E-state index in [1.165, 1.54) is 6.20 Å². The fourth-order valence-corrected chi connectivity index (χ4v) is 4.14. The summed E-state index contributed by atoms with van der Waals surface area (Å²) in [5.74, 6) is -0.492. The van der Waals surface area contributed by atoms with Crippen LogP contribution in [0.5, 0.6) is 0 Å². The number of hydrogen-bond donors (Lipinski definition) is 2. The van der Waals surface area contributed by atoms with Crippen molar-refractivity contribution in [3.05, 3.63) is 41.9 Å². The standard InChI is InChI=1S/C18H18F2N4O3S/c1-28(25,26)14-9-10(13-3-2-8-27-13)4-5-11(14)22-12-6-7-21-17-15(12)23-18(24-17)16(19)20/h4-7,9,13,16H,2-3,8H2,1H3,(H2,21,22,23,24). The van der Waals surface area contributed by atoms with E-state index in [4.69, 9.17) is 4.74 Å². The molecule has 0 saturated carbocycles. The highest BCUT2D eigenvalue weighted by Gasteiger charge is 2.22. The molecule has 0 amide bonds. The molecule has 0 bridgehead atoms. The number of nitrogens with zero attached hydrogens (tertiary/aromatic N) is 2. The van der Waals surface area contributed by atoms with Crippen LogP contribution in [0.1, 0.15) is 36.8 Å². The summed E-state index contributed by atoms with van der Waals surface area (Å²) in [5, 5.41) is 3.02. The minimum Gasteiger partial charge on any atom is -0.374 e. The number of sulfone groups is 1. The highest BCUT2D eigenvalue weighted by Crippen LogP contribution is 2.34. The number of imidazole rings is 1. The van der Waals surface area contributed by atoms with Crippen molar-refractivity contribution in [1.29, 1.82) is 0 Å². The predicted molar refractivity (Wildman–Crippen MR) is 99.6 cm³/mol. The van der Waals surface area contributed by atoms with Crippen LogP contribution in [0.3, 0.4) is 0 Å². The second-order valence-electron chi connectivity index (χ2n) is 6.63. The number of hydrogen-bond acceptors (Lipinski definition) is 6. The second-order valence-corrected chi connectivity index (χ2v) is 8.62. The zero-order chi connectivity index (χ0) is 19.9. The number of anilines is 2. The highest BCUT2D eigenvalue weighted by atomic mass is 32.2. The minimum absolute atomic E-state index is 0.110. The number of aromatic nitrogens is 3. The first kappa shape index (κ1) is 18.8. The summed E-state index contributed by atoms with van der Waals surface area (Å²) in [6, 6.07) is 6.63. The van der Waals surface area contributed by atoms with Crippen molar-refractivity contribution in [3.63, 3.8) is 0 Å². The molecule has 1 unspecified atom stereocenters. The Bertz CT molecular complexity index is 1130. The Morgan fingerprint density at radius 3 is 2.79 bits per heavy atom. The Morgan fingerprint density at radius 1 is 1.29 bits per heavy atom. The van der Waals surface area contributed by atoms with Crippen LogP contribution in [0.4, 0.5) is 20.2 Å². The number of H-pyrrole nitrogens is 1. The molecule has 1 aromatic carbocycles. The molecule has 1 atom stereocenters. The van der Waals surface area contributed by atoms with Gasteiger partial charge in [0.15, 0.2) is 21.3 Å². The van der Waals surface area contributed by atoms with Crippen LogP contribution in [0.2, 0.25) is 0 Å². The van der Waals surface area contributed by atoms with Crippen LogP contribution in [0.15, 0.2) is 35.4 Å². The first-order valence-corrected chi connectivity index (χ1v) is 10.6. The molecule has 1 aliphatic heterocycles. The van der Waals surface area contributed by atoms with E-state index in [-0.39, 0.29) is 22.2 Å². The van der Waals surface area contributed by atoms with Crippen molar-refractivity contribution in [2.45, 2.75) is 30.3 Å². The number of aromatic amines is 1. The Balaban J connectivity index is 1.76. The number of fused-ring (bicyclic) bond motifs is 1. The van der Waals surface area contributed by atoms with Crippen LogP contribution >= 0.6 is 0 Å². The molecule has 10 heteroatoms. The topological polar surface area (TPSA) is 97.0 Å². The lowest BCUT2D eigenvalue weighted by molar-refractivity contribution is 0.112. The predicted octanol–water partition coefficient (Wildman–Crippen LogP) is 3.89. The summed E-state index contributed by atoms with van der Waals surface area (Å²) in [6.45, 7) is 0.653. The van der Waals surface area contributed by atoms with Gasteiger partial charge < -0.3 is 15.0 Å². The summed E-state index contributed by atoms with van der Waals surface area (Å²) in [5.41, 5.74) is 1.94. The summed E-state index contributed by atoms with van der Waals surface area (Å²) in [4.78, 5) is 10.4.